The fraction of sp³-hybridized carbons (Fsp3) is 0.667. The van der Waals surface area contributed by atoms with Crippen molar-refractivity contribution in [2.24, 2.45) is 0 Å². The fourth-order valence-electron chi connectivity index (χ4n) is 1.38. The Balaban J connectivity index is 2.94. The van der Waals surface area contributed by atoms with Gasteiger partial charge in [-0.25, -0.2) is 13.1 Å². The second-order valence-corrected chi connectivity index (χ2v) is 5.17. The maximum absolute atomic E-state index is 11.9. The van der Waals surface area contributed by atoms with Crippen LogP contribution in [-0.4, -0.2) is 29.8 Å². The van der Waals surface area contributed by atoms with Gasteiger partial charge in [0.2, 0.25) is 0 Å². The summed E-state index contributed by atoms with van der Waals surface area (Å²) in [6, 6.07) is -0.0974. The number of aromatic amines is 1. The number of hydrogen-bond donors (Lipinski definition) is 3. The molecule has 0 aliphatic heterocycles. The monoisotopic (exact) mass is 247 g/mol. The fourth-order valence-corrected chi connectivity index (χ4v) is 2.90. The molecule has 1 rings (SSSR count). The van der Waals surface area contributed by atoms with Crippen molar-refractivity contribution in [3.8, 4) is 0 Å². The van der Waals surface area contributed by atoms with E-state index in [0.717, 1.165) is 12.8 Å². The molecule has 1 heterocycles. The molecule has 0 fully saturated rings. The van der Waals surface area contributed by atoms with Crippen molar-refractivity contribution in [2.75, 3.05) is 0 Å². The highest BCUT2D eigenvalue weighted by molar-refractivity contribution is 7.89. The summed E-state index contributed by atoms with van der Waals surface area (Å²) in [5, 5.41) is 14.9. The molecule has 0 amide bonds. The van der Waals surface area contributed by atoms with E-state index in [1.54, 1.807) is 0 Å². The Morgan fingerprint density at radius 2 is 2.12 bits per heavy atom. The van der Waals surface area contributed by atoms with Crippen LogP contribution in [0.25, 0.3) is 0 Å². The van der Waals surface area contributed by atoms with E-state index in [1.165, 1.54) is 6.20 Å². The molecule has 3 N–H and O–H groups in total. The molecular formula is C9H17N3O3S. The molecule has 0 radical (unpaired) electrons. The van der Waals surface area contributed by atoms with Gasteiger partial charge in [-0.05, 0) is 12.8 Å². The van der Waals surface area contributed by atoms with Crippen molar-refractivity contribution >= 4 is 10.0 Å². The van der Waals surface area contributed by atoms with E-state index in [-0.39, 0.29) is 23.2 Å². The van der Waals surface area contributed by atoms with Gasteiger partial charge >= 0.3 is 0 Å². The number of rotatable bonds is 6. The number of sulfonamides is 1. The van der Waals surface area contributed by atoms with Crippen molar-refractivity contribution in [2.45, 2.75) is 44.4 Å². The molecule has 0 unspecified atom stereocenters. The zero-order valence-corrected chi connectivity index (χ0v) is 10.2. The van der Waals surface area contributed by atoms with Gasteiger partial charge in [-0.15, -0.1) is 0 Å². The summed E-state index contributed by atoms with van der Waals surface area (Å²) in [5.41, 5.74) is 0.276. The van der Waals surface area contributed by atoms with Crippen LogP contribution in [0.3, 0.4) is 0 Å². The minimum absolute atomic E-state index is 0.0538. The average molecular weight is 247 g/mol. The number of H-pyrrole nitrogens is 1. The lowest BCUT2D eigenvalue weighted by Gasteiger charge is -2.14. The zero-order valence-electron chi connectivity index (χ0n) is 9.40. The number of aliphatic hydroxyl groups is 1. The first-order valence-corrected chi connectivity index (χ1v) is 6.68. The van der Waals surface area contributed by atoms with Crippen LogP contribution in [0.2, 0.25) is 0 Å². The van der Waals surface area contributed by atoms with Crippen LogP contribution in [0.15, 0.2) is 11.2 Å². The van der Waals surface area contributed by atoms with E-state index >= 15 is 0 Å². The van der Waals surface area contributed by atoms with Crippen LogP contribution < -0.4 is 4.72 Å². The summed E-state index contributed by atoms with van der Waals surface area (Å²) < 4.78 is 26.4. The number of nitrogens with one attached hydrogen (secondary N) is 2. The van der Waals surface area contributed by atoms with Gasteiger partial charge in [-0.2, -0.15) is 5.10 Å². The molecule has 0 aliphatic carbocycles. The predicted molar refractivity (Wildman–Crippen MR) is 59.2 cm³/mol. The molecule has 0 saturated heterocycles. The maximum Gasteiger partial charge on any atom is 0.258 e. The third kappa shape index (κ3) is 2.81. The van der Waals surface area contributed by atoms with Gasteiger partial charge in [-0.1, -0.05) is 13.8 Å². The van der Waals surface area contributed by atoms with Gasteiger partial charge < -0.3 is 5.11 Å². The highest BCUT2D eigenvalue weighted by atomic mass is 32.2. The van der Waals surface area contributed by atoms with Gasteiger partial charge in [0.25, 0.3) is 10.0 Å². The summed E-state index contributed by atoms with van der Waals surface area (Å²) in [6.07, 6.45) is 2.75. The van der Waals surface area contributed by atoms with E-state index in [0.29, 0.717) is 0 Å². The molecular weight excluding hydrogens is 230 g/mol. The quantitative estimate of drug-likeness (QED) is 0.676. The smallest absolute Gasteiger partial charge is 0.258 e. The Kier molecular flexibility index (Phi) is 4.45. The zero-order chi connectivity index (χ0) is 12.2. The van der Waals surface area contributed by atoms with E-state index in [1.807, 2.05) is 13.8 Å². The summed E-state index contributed by atoms with van der Waals surface area (Å²) in [6.45, 7) is 3.48. The first-order chi connectivity index (χ1) is 7.55. The molecule has 1 aromatic rings. The molecule has 0 aliphatic rings. The van der Waals surface area contributed by atoms with Crippen LogP contribution in [-0.2, 0) is 16.6 Å². The largest absolute Gasteiger partial charge is 0.392 e. The molecule has 92 valence electrons. The van der Waals surface area contributed by atoms with E-state index in [9.17, 15) is 8.42 Å². The van der Waals surface area contributed by atoms with Gasteiger partial charge in [-0.3, -0.25) is 5.10 Å². The Morgan fingerprint density at radius 3 is 2.62 bits per heavy atom. The normalized spacial score (nSPS) is 12.2. The average Bonchev–Trinajstić information content (AvgIpc) is 2.74. The van der Waals surface area contributed by atoms with Crippen molar-refractivity contribution in [1.29, 1.82) is 0 Å². The predicted octanol–water partition coefficient (Wildman–Crippen LogP) is 0.369. The van der Waals surface area contributed by atoms with E-state index in [4.69, 9.17) is 5.11 Å². The van der Waals surface area contributed by atoms with Crippen LogP contribution in [0.5, 0.6) is 0 Å². The van der Waals surface area contributed by atoms with Crippen LogP contribution >= 0.6 is 0 Å². The topological polar surface area (TPSA) is 95.1 Å². The summed E-state index contributed by atoms with van der Waals surface area (Å²) in [4.78, 5) is 0. The highest BCUT2D eigenvalue weighted by Gasteiger charge is 2.22. The van der Waals surface area contributed by atoms with Crippen LogP contribution in [0, 0.1) is 0 Å². The minimum Gasteiger partial charge on any atom is -0.392 e. The molecule has 0 spiro atoms. The van der Waals surface area contributed by atoms with E-state index < -0.39 is 10.0 Å². The SMILES string of the molecule is CCC(CC)NS(=O)(=O)c1[nH]ncc1CO. The lowest BCUT2D eigenvalue weighted by molar-refractivity contribution is 0.278. The molecule has 1 aromatic heterocycles. The second kappa shape index (κ2) is 5.42. The number of nitrogens with zero attached hydrogens (tertiary/aromatic N) is 1. The second-order valence-electron chi connectivity index (χ2n) is 3.52. The van der Waals surface area contributed by atoms with Gasteiger partial charge in [0.1, 0.15) is 0 Å². The van der Waals surface area contributed by atoms with Crippen molar-refractivity contribution in [1.82, 2.24) is 14.9 Å². The van der Waals surface area contributed by atoms with Gasteiger partial charge in [0.05, 0.1) is 12.8 Å². The Hall–Kier alpha value is -0.920. The summed E-state index contributed by atoms with van der Waals surface area (Å²) >= 11 is 0. The van der Waals surface area contributed by atoms with Gasteiger partial charge in [0, 0.05) is 11.6 Å². The molecule has 0 bridgehead atoms. The third-order valence-electron chi connectivity index (χ3n) is 2.42. The minimum atomic E-state index is -3.61. The molecule has 0 atom stereocenters. The number of aliphatic hydroxyl groups excluding tert-OH is 1. The lowest BCUT2D eigenvalue weighted by Crippen LogP contribution is -2.34. The number of hydrogen-bond acceptors (Lipinski definition) is 4. The molecule has 0 saturated carbocycles. The van der Waals surface area contributed by atoms with Crippen molar-refractivity contribution in [3.05, 3.63) is 11.8 Å². The molecule has 16 heavy (non-hydrogen) atoms. The van der Waals surface area contributed by atoms with Gasteiger partial charge in [0.15, 0.2) is 5.03 Å². The third-order valence-corrected chi connectivity index (χ3v) is 3.96. The Labute approximate surface area is 95.1 Å². The molecule has 6 nitrogen and oxygen atoms in total. The standard InChI is InChI=1S/C9H17N3O3S/c1-3-8(4-2)12-16(14,15)9-7(6-13)5-10-11-9/h5,8,12-13H,3-4,6H2,1-2H3,(H,10,11). The highest BCUT2D eigenvalue weighted by Crippen LogP contribution is 2.13. The first kappa shape index (κ1) is 13.1. The van der Waals surface area contributed by atoms with E-state index in [2.05, 4.69) is 14.9 Å². The maximum atomic E-state index is 11.9. The van der Waals surface area contributed by atoms with Crippen molar-refractivity contribution < 1.29 is 13.5 Å². The molecule has 0 aromatic carbocycles. The number of aromatic nitrogens is 2. The van der Waals surface area contributed by atoms with Crippen LogP contribution in [0.4, 0.5) is 0 Å². The lowest BCUT2D eigenvalue weighted by atomic mass is 10.2. The molecule has 7 heteroatoms. The first-order valence-electron chi connectivity index (χ1n) is 5.20. The van der Waals surface area contributed by atoms with Crippen molar-refractivity contribution in [3.63, 3.8) is 0 Å². The Bertz CT molecular complexity index is 423. The summed E-state index contributed by atoms with van der Waals surface area (Å²) in [7, 11) is -3.61. The van der Waals surface area contributed by atoms with Crippen LogP contribution in [0.1, 0.15) is 32.3 Å². The Morgan fingerprint density at radius 1 is 1.50 bits per heavy atom. The summed E-state index contributed by atoms with van der Waals surface area (Å²) in [5.74, 6) is 0.